The largest absolute Gasteiger partial charge is 0.493 e. The van der Waals surface area contributed by atoms with E-state index in [0.717, 1.165) is 0 Å². The molecule has 0 saturated heterocycles. The van der Waals surface area contributed by atoms with Crippen molar-refractivity contribution in [1.29, 1.82) is 5.26 Å². The quantitative estimate of drug-likeness (QED) is 0.502. The van der Waals surface area contributed by atoms with Crippen LogP contribution in [-0.2, 0) is 9.59 Å². The molecule has 2 rings (SSSR count). The highest BCUT2D eigenvalue weighted by Crippen LogP contribution is 2.29. The number of ether oxygens (including phenoxy) is 2. The Bertz CT molecular complexity index is 930. The summed E-state index contributed by atoms with van der Waals surface area (Å²) in [6.45, 7) is 1.41. The first-order chi connectivity index (χ1) is 13.5. The minimum Gasteiger partial charge on any atom is -0.493 e. The number of carbonyl (C=O) groups is 2. The summed E-state index contributed by atoms with van der Waals surface area (Å²) in [6.07, 6.45) is 1.31. The van der Waals surface area contributed by atoms with E-state index in [1.165, 1.54) is 27.3 Å². The summed E-state index contributed by atoms with van der Waals surface area (Å²) in [5, 5.41) is 17.4. The molecule has 0 aliphatic rings. The third kappa shape index (κ3) is 5.51. The van der Waals surface area contributed by atoms with Crippen molar-refractivity contribution in [1.82, 2.24) is 0 Å². The molecule has 0 saturated carbocycles. The van der Waals surface area contributed by atoms with E-state index in [1.54, 1.807) is 42.5 Å². The van der Waals surface area contributed by atoms with Gasteiger partial charge in [-0.3, -0.25) is 9.59 Å². The number of hydrogen-bond donors (Lipinski definition) is 3. The van der Waals surface area contributed by atoms with E-state index in [4.69, 9.17) is 9.47 Å². The van der Waals surface area contributed by atoms with Crippen LogP contribution in [0.2, 0.25) is 0 Å². The molecule has 0 spiro atoms. The molecule has 0 heterocycles. The Hall–Kier alpha value is -3.99. The molecule has 2 aromatic carbocycles. The summed E-state index contributed by atoms with van der Waals surface area (Å²) in [5.74, 6) is 0.330. The van der Waals surface area contributed by atoms with Gasteiger partial charge in [0.05, 0.1) is 14.2 Å². The third-order valence-corrected chi connectivity index (χ3v) is 3.59. The molecule has 28 heavy (non-hydrogen) atoms. The Kier molecular flexibility index (Phi) is 6.99. The number of hydrogen-bond acceptors (Lipinski definition) is 6. The van der Waals surface area contributed by atoms with Crippen LogP contribution >= 0.6 is 0 Å². The SMILES string of the molecule is COc1ccc(N/C=C(/C#N)C(=O)Nc2ccc(NC(C)=O)cc2)cc1OC. The normalized spacial score (nSPS) is 10.4. The van der Waals surface area contributed by atoms with Crippen LogP contribution in [0.25, 0.3) is 0 Å². The lowest BCUT2D eigenvalue weighted by atomic mass is 10.2. The first-order valence-corrected chi connectivity index (χ1v) is 8.24. The lowest BCUT2D eigenvalue weighted by Crippen LogP contribution is -2.14. The van der Waals surface area contributed by atoms with E-state index in [2.05, 4.69) is 16.0 Å². The van der Waals surface area contributed by atoms with Gasteiger partial charge in [-0.1, -0.05) is 0 Å². The van der Waals surface area contributed by atoms with Crippen LogP contribution in [0.4, 0.5) is 17.1 Å². The number of benzene rings is 2. The van der Waals surface area contributed by atoms with E-state index in [1.807, 2.05) is 6.07 Å². The monoisotopic (exact) mass is 380 g/mol. The van der Waals surface area contributed by atoms with Gasteiger partial charge in [0.1, 0.15) is 11.6 Å². The topological polar surface area (TPSA) is 112 Å². The zero-order chi connectivity index (χ0) is 20.5. The lowest BCUT2D eigenvalue weighted by molar-refractivity contribution is -0.114. The summed E-state index contributed by atoms with van der Waals surface area (Å²) in [5.41, 5.74) is 1.61. The molecule has 0 aliphatic carbocycles. The average Bonchev–Trinajstić information content (AvgIpc) is 2.69. The molecule has 0 aromatic heterocycles. The van der Waals surface area contributed by atoms with Gasteiger partial charge in [0, 0.05) is 36.3 Å². The predicted molar refractivity (Wildman–Crippen MR) is 106 cm³/mol. The zero-order valence-corrected chi connectivity index (χ0v) is 15.7. The van der Waals surface area contributed by atoms with E-state index in [0.29, 0.717) is 28.6 Å². The number of amides is 2. The minimum atomic E-state index is -0.567. The smallest absolute Gasteiger partial charge is 0.267 e. The highest BCUT2D eigenvalue weighted by molar-refractivity contribution is 6.06. The Morgan fingerprint density at radius 2 is 1.50 bits per heavy atom. The lowest BCUT2D eigenvalue weighted by Gasteiger charge is -2.10. The molecule has 8 nitrogen and oxygen atoms in total. The number of nitriles is 1. The van der Waals surface area contributed by atoms with Gasteiger partial charge in [-0.25, -0.2) is 0 Å². The Morgan fingerprint density at radius 3 is 2.04 bits per heavy atom. The number of nitrogens with zero attached hydrogens (tertiary/aromatic N) is 1. The molecule has 0 radical (unpaired) electrons. The standard InChI is InChI=1S/C20H20N4O4/c1-13(25)23-15-4-6-16(7-5-15)24-20(26)14(11-21)12-22-17-8-9-18(27-2)19(10-17)28-3/h4-10,12,22H,1-3H3,(H,23,25)(H,24,26)/b14-12-. The maximum absolute atomic E-state index is 12.3. The highest BCUT2D eigenvalue weighted by Gasteiger charge is 2.10. The fraction of sp³-hybridized carbons (Fsp3) is 0.150. The second kappa shape index (κ2) is 9.64. The fourth-order valence-electron chi connectivity index (χ4n) is 2.27. The summed E-state index contributed by atoms with van der Waals surface area (Å²) in [6, 6.07) is 13.5. The Labute approximate surface area is 162 Å². The van der Waals surface area contributed by atoms with Crippen LogP contribution in [0.1, 0.15) is 6.92 Å². The van der Waals surface area contributed by atoms with Crippen molar-refractivity contribution in [3.8, 4) is 17.6 Å². The summed E-state index contributed by atoms with van der Waals surface area (Å²) in [7, 11) is 3.05. The van der Waals surface area contributed by atoms with Crippen LogP contribution in [0.15, 0.2) is 54.2 Å². The first kappa shape index (κ1) is 20.3. The van der Waals surface area contributed by atoms with E-state index in [-0.39, 0.29) is 11.5 Å². The van der Waals surface area contributed by atoms with Gasteiger partial charge in [-0.05, 0) is 36.4 Å². The molecule has 3 N–H and O–H groups in total. The molecule has 144 valence electrons. The number of carbonyl (C=O) groups excluding carboxylic acids is 2. The molecule has 8 heteroatoms. The van der Waals surface area contributed by atoms with Gasteiger partial charge in [-0.2, -0.15) is 5.26 Å². The number of anilines is 3. The van der Waals surface area contributed by atoms with Gasteiger partial charge in [0.15, 0.2) is 11.5 Å². The number of nitrogens with one attached hydrogen (secondary N) is 3. The van der Waals surface area contributed by atoms with Crippen LogP contribution in [0.3, 0.4) is 0 Å². The molecular weight excluding hydrogens is 360 g/mol. The van der Waals surface area contributed by atoms with Gasteiger partial charge in [0.2, 0.25) is 5.91 Å². The zero-order valence-electron chi connectivity index (χ0n) is 15.7. The second-order valence-corrected chi connectivity index (χ2v) is 5.60. The second-order valence-electron chi connectivity index (χ2n) is 5.60. The van der Waals surface area contributed by atoms with E-state index in [9.17, 15) is 14.9 Å². The van der Waals surface area contributed by atoms with Crippen molar-refractivity contribution in [3.63, 3.8) is 0 Å². The minimum absolute atomic E-state index is 0.110. The van der Waals surface area contributed by atoms with Crippen molar-refractivity contribution in [2.45, 2.75) is 6.92 Å². The van der Waals surface area contributed by atoms with E-state index >= 15 is 0 Å². The van der Waals surface area contributed by atoms with Gasteiger partial charge >= 0.3 is 0 Å². The van der Waals surface area contributed by atoms with Crippen LogP contribution in [0.5, 0.6) is 11.5 Å². The van der Waals surface area contributed by atoms with Crippen LogP contribution in [0, 0.1) is 11.3 Å². The van der Waals surface area contributed by atoms with Crippen molar-refractivity contribution < 1.29 is 19.1 Å². The third-order valence-electron chi connectivity index (χ3n) is 3.59. The number of rotatable bonds is 7. The van der Waals surface area contributed by atoms with Gasteiger partial charge in [-0.15, -0.1) is 0 Å². The molecule has 2 amide bonds. The Balaban J connectivity index is 2.06. The molecular formula is C20H20N4O4. The summed E-state index contributed by atoms with van der Waals surface area (Å²) in [4.78, 5) is 23.3. The summed E-state index contributed by atoms with van der Waals surface area (Å²) >= 11 is 0. The van der Waals surface area contributed by atoms with Crippen LogP contribution < -0.4 is 25.4 Å². The Morgan fingerprint density at radius 1 is 0.929 bits per heavy atom. The molecule has 2 aromatic rings. The first-order valence-electron chi connectivity index (χ1n) is 8.24. The number of methoxy groups -OCH3 is 2. The molecule has 0 aliphatic heterocycles. The van der Waals surface area contributed by atoms with Crippen molar-refractivity contribution in [3.05, 3.63) is 54.2 Å². The van der Waals surface area contributed by atoms with Gasteiger partial charge in [0.25, 0.3) is 5.91 Å². The maximum Gasteiger partial charge on any atom is 0.267 e. The van der Waals surface area contributed by atoms with Crippen molar-refractivity contribution >= 4 is 28.9 Å². The predicted octanol–water partition coefficient (Wildman–Crippen LogP) is 3.12. The van der Waals surface area contributed by atoms with Gasteiger partial charge < -0.3 is 25.4 Å². The average molecular weight is 380 g/mol. The molecule has 0 unspecified atom stereocenters. The van der Waals surface area contributed by atoms with Crippen molar-refractivity contribution in [2.75, 3.05) is 30.2 Å². The maximum atomic E-state index is 12.3. The fourth-order valence-corrected chi connectivity index (χ4v) is 2.27. The van der Waals surface area contributed by atoms with Crippen molar-refractivity contribution in [2.24, 2.45) is 0 Å². The van der Waals surface area contributed by atoms with E-state index < -0.39 is 5.91 Å². The van der Waals surface area contributed by atoms with Crippen LogP contribution in [-0.4, -0.2) is 26.0 Å². The summed E-state index contributed by atoms with van der Waals surface area (Å²) < 4.78 is 10.4. The molecule has 0 bridgehead atoms. The molecule has 0 atom stereocenters. The highest BCUT2D eigenvalue weighted by atomic mass is 16.5. The molecule has 0 fully saturated rings.